The molecule has 0 spiro atoms. The predicted octanol–water partition coefficient (Wildman–Crippen LogP) is 2.21. The number of aryl methyl sites for hydroxylation is 2. The van der Waals surface area contributed by atoms with E-state index in [9.17, 15) is 4.79 Å². The number of carbonyl (C=O) groups excluding carboxylic acids is 1. The van der Waals surface area contributed by atoms with E-state index in [1.165, 1.54) is 4.88 Å². The molecular weight excluding hydrogens is 264 g/mol. The molecular formula is C12H14N4O2S. The molecule has 0 saturated heterocycles. The fourth-order valence-electron chi connectivity index (χ4n) is 2.19. The van der Waals surface area contributed by atoms with Gasteiger partial charge >= 0.3 is 0 Å². The van der Waals surface area contributed by atoms with Crippen LogP contribution in [0.25, 0.3) is 0 Å². The Morgan fingerprint density at radius 3 is 3.05 bits per heavy atom. The van der Waals surface area contributed by atoms with E-state index in [0.717, 1.165) is 25.0 Å². The molecule has 1 N–H and O–H groups in total. The fraction of sp³-hybridized carbons (Fsp3) is 0.500. The Morgan fingerprint density at radius 2 is 2.32 bits per heavy atom. The third-order valence-corrected chi connectivity index (χ3v) is 4.31. The van der Waals surface area contributed by atoms with Crippen molar-refractivity contribution >= 4 is 22.4 Å². The quantitative estimate of drug-likeness (QED) is 0.910. The number of aromatic nitrogens is 3. The first-order valence-corrected chi connectivity index (χ1v) is 7.04. The van der Waals surface area contributed by atoms with Crippen molar-refractivity contribution in [3.63, 3.8) is 0 Å². The van der Waals surface area contributed by atoms with Crippen molar-refractivity contribution in [2.45, 2.75) is 33.1 Å². The highest BCUT2D eigenvalue weighted by molar-refractivity contribution is 7.15. The van der Waals surface area contributed by atoms with E-state index in [0.29, 0.717) is 16.7 Å². The van der Waals surface area contributed by atoms with E-state index in [1.54, 1.807) is 18.3 Å². The molecule has 0 bridgehead atoms. The zero-order valence-corrected chi connectivity index (χ0v) is 11.6. The van der Waals surface area contributed by atoms with Gasteiger partial charge in [-0.2, -0.15) is 0 Å². The third-order valence-electron chi connectivity index (χ3n) is 3.27. The molecule has 1 aliphatic carbocycles. The average Bonchev–Trinajstić information content (AvgIpc) is 2.94. The topological polar surface area (TPSA) is 80.9 Å². The lowest BCUT2D eigenvalue weighted by Gasteiger charge is -2.15. The van der Waals surface area contributed by atoms with Gasteiger partial charge in [-0.15, -0.1) is 11.3 Å². The molecule has 6 nitrogen and oxygen atoms in total. The summed E-state index contributed by atoms with van der Waals surface area (Å²) in [6.07, 6.45) is 3.21. The van der Waals surface area contributed by atoms with Crippen LogP contribution in [0.4, 0.5) is 5.13 Å². The van der Waals surface area contributed by atoms with Crippen molar-refractivity contribution in [1.82, 2.24) is 15.3 Å². The molecule has 3 rings (SSSR count). The van der Waals surface area contributed by atoms with Crippen molar-refractivity contribution in [1.29, 1.82) is 0 Å². The second-order valence-electron chi connectivity index (χ2n) is 4.89. The van der Waals surface area contributed by atoms with Crippen molar-refractivity contribution < 1.29 is 9.42 Å². The first-order valence-electron chi connectivity index (χ1n) is 6.22. The maximum absolute atomic E-state index is 12.0. The summed E-state index contributed by atoms with van der Waals surface area (Å²) in [5.74, 6) is 0.372. The normalized spacial score (nSPS) is 18.1. The minimum Gasteiger partial charge on any atom is -0.296 e. The Balaban J connectivity index is 1.78. The molecule has 1 amide bonds. The van der Waals surface area contributed by atoms with Crippen molar-refractivity contribution in [2.24, 2.45) is 5.92 Å². The van der Waals surface area contributed by atoms with Crippen LogP contribution in [0.1, 0.15) is 40.1 Å². The Labute approximate surface area is 114 Å². The molecule has 19 heavy (non-hydrogen) atoms. The summed E-state index contributed by atoms with van der Waals surface area (Å²) in [4.78, 5) is 17.7. The molecule has 0 radical (unpaired) electrons. The van der Waals surface area contributed by atoms with Crippen LogP contribution in [-0.2, 0) is 12.8 Å². The Hall–Kier alpha value is -1.76. The maximum atomic E-state index is 12.0. The monoisotopic (exact) mass is 278 g/mol. The van der Waals surface area contributed by atoms with Gasteiger partial charge in [0.1, 0.15) is 5.69 Å². The Bertz CT molecular complexity index is 619. The number of nitrogens with zero attached hydrogens (tertiary/aromatic N) is 3. The van der Waals surface area contributed by atoms with Gasteiger partial charge in [0.15, 0.2) is 10.8 Å². The van der Waals surface area contributed by atoms with Gasteiger partial charge in [-0.25, -0.2) is 9.61 Å². The summed E-state index contributed by atoms with van der Waals surface area (Å²) < 4.78 is 4.52. The molecule has 0 unspecified atom stereocenters. The largest absolute Gasteiger partial charge is 0.296 e. The van der Waals surface area contributed by atoms with Crippen LogP contribution in [0.3, 0.4) is 0 Å². The van der Waals surface area contributed by atoms with Crippen LogP contribution < -0.4 is 5.32 Å². The van der Waals surface area contributed by atoms with Crippen molar-refractivity contribution in [3.05, 3.63) is 22.0 Å². The lowest BCUT2D eigenvalue weighted by atomic mass is 9.93. The van der Waals surface area contributed by atoms with E-state index in [-0.39, 0.29) is 11.6 Å². The molecule has 7 heteroatoms. The first kappa shape index (κ1) is 12.3. The molecule has 2 aromatic rings. The molecule has 100 valence electrons. The standard InChI is InChI=1S/C12H14N4O2S/c1-6-3-4-8-9(5-6)19-12(13-8)14-11(17)10-7(2)15-18-16-10/h6H,3-5H2,1-2H3,(H,13,14,17)/t6-/m1/s1. The molecule has 2 heterocycles. The first-order chi connectivity index (χ1) is 9.13. The highest BCUT2D eigenvalue weighted by Gasteiger charge is 2.22. The smallest absolute Gasteiger partial charge is 0.281 e. The van der Waals surface area contributed by atoms with Gasteiger partial charge in [0, 0.05) is 4.88 Å². The highest BCUT2D eigenvalue weighted by Crippen LogP contribution is 2.32. The van der Waals surface area contributed by atoms with Gasteiger partial charge in [0.25, 0.3) is 5.91 Å². The van der Waals surface area contributed by atoms with E-state index in [2.05, 4.69) is 32.2 Å². The number of carbonyl (C=O) groups is 1. The van der Waals surface area contributed by atoms with E-state index in [4.69, 9.17) is 0 Å². The molecule has 1 atom stereocenters. The molecule has 1 aliphatic rings. The fourth-order valence-corrected chi connectivity index (χ4v) is 3.35. The summed E-state index contributed by atoms with van der Waals surface area (Å²) >= 11 is 1.55. The summed E-state index contributed by atoms with van der Waals surface area (Å²) in [5.41, 5.74) is 1.81. The maximum Gasteiger partial charge on any atom is 0.281 e. The Morgan fingerprint density at radius 1 is 1.47 bits per heavy atom. The van der Waals surface area contributed by atoms with Crippen LogP contribution >= 0.6 is 11.3 Å². The number of hydrogen-bond donors (Lipinski definition) is 1. The summed E-state index contributed by atoms with van der Waals surface area (Å²) in [6.45, 7) is 3.92. The third kappa shape index (κ3) is 2.37. The van der Waals surface area contributed by atoms with E-state index >= 15 is 0 Å². The van der Waals surface area contributed by atoms with Crippen LogP contribution in [-0.4, -0.2) is 21.2 Å². The molecule has 2 aromatic heterocycles. The van der Waals surface area contributed by atoms with Crippen LogP contribution in [0.2, 0.25) is 0 Å². The van der Waals surface area contributed by atoms with Gasteiger partial charge in [-0.1, -0.05) is 12.1 Å². The van der Waals surface area contributed by atoms with Gasteiger partial charge < -0.3 is 0 Å². The van der Waals surface area contributed by atoms with E-state index < -0.39 is 0 Å². The van der Waals surface area contributed by atoms with Gasteiger partial charge in [-0.05, 0) is 37.3 Å². The zero-order chi connectivity index (χ0) is 13.4. The van der Waals surface area contributed by atoms with E-state index in [1.807, 2.05) is 0 Å². The minimum atomic E-state index is -0.321. The van der Waals surface area contributed by atoms with Gasteiger partial charge in [-0.3, -0.25) is 10.1 Å². The van der Waals surface area contributed by atoms with Gasteiger partial charge in [0.2, 0.25) is 0 Å². The minimum absolute atomic E-state index is 0.210. The van der Waals surface area contributed by atoms with Gasteiger partial charge in [0.05, 0.1) is 5.69 Å². The number of fused-ring (bicyclic) bond motifs is 1. The lowest BCUT2D eigenvalue weighted by molar-refractivity contribution is 0.101. The number of rotatable bonds is 2. The Kier molecular flexibility index (Phi) is 3.06. The number of anilines is 1. The number of nitrogens with one attached hydrogen (secondary N) is 1. The highest BCUT2D eigenvalue weighted by atomic mass is 32.1. The molecule has 0 aliphatic heterocycles. The number of hydrogen-bond acceptors (Lipinski definition) is 6. The molecule has 0 aromatic carbocycles. The van der Waals surface area contributed by atoms with Crippen LogP contribution in [0.15, 0.2) is 4.63 Å². The van der Waals surface area contributed by atoms with Crippen molar-refractivity contribution in [3.8, 4) is 0 Å². The number of thiazole rings is 1. The summed E-state index contributed by atoms with van der Waals surface area (Å²) in [6, 6.07) is 0. The second-order valence-corrected chi connectivity index (χ2v) is 5.97. The average molecular weight is 278 g/mol. The second kappa shape index (κ2) is 4.73. The summed E-state index contributed by atoms with van der Waals surface area (Å²) in [5, 5.41) is 10.6. The number of amides is 1. The van der Waals surface area contributed by atoms with Crippen LogP contribution in [0.5, 0.6) is 0 Å². The zero-order valence-electron chi connectivity index (χ0n) is 10.8. The SMILES string of the molecule is Cc1nonc1C(=O)Nc1nc2c(s1)C[C@H](C)CC2. The van der Waals surface area contributed by atoms with Crippen LogP contribution in [0, 0.1) is 12.8 Å². The molecule has 0 fully saturated rings. The molecule has 0 saturated carbocycles. The predicted molar refractivity (Wildman–Crippen MR) is 70.3 cm³/mol. The lowest BCUT2D eigenvalue weighted by Crippen LogP contribution is -2.13. The summed E-state index contributed by atoms with van der Waals surface area (Å²) in [7, 11) is 0. The van der Waals surface area contributed by atoms with Crippen molar-refractivity contribution in [2.75, 3.05) is 5.32 Å².